The van der Waals surface area contributed by atoms with Gasteiger partial charge >= 0.3 is 0 Å². The number of ether oxygens (including phenoxy) is 3. The summed E-state index contributed by atoms with van der Waals surface area (Å²) in [6.45, 7) is 1.83. The summed E-state index contributed by atoms with van der Waals surface area (Å²) in [4.78, 5) is 0. The van der Waals surface area contributed by atoms with E-state index >= 15 is 0 Å². The molecular weight excluding hydrogens is 410 g/mol. The fourth-order valence-corrected chi connectivity index (χ4v) is 3.50. The van der Waals surface area contributed by atoms with Crippen molar-refractivity contribution >= 4 is 0 Å². The molecule has 0 saturated carbocycles. The summed E-state index contributed by atoms with van der Waals surface area (Å²) in [6, 6.07) is 34.3. The van der Waals surface area contributed by atoms with Crippen LogP contribution in [0.15, 0.2) is 103 Å². The molecule has 2 N–H and O–H groups in total. The van der Waals surface area contributed by atoms with Crippen molar-refractivity contribution in [3.05, 3.63) is 125 Å². The molecule has 168 valence electrons. The highest BCUT2D eigenvalue weighted by atomic mass is 16.5. The third-order valence-electron chi connectivity index (χ3n) is 5.21. The van der Waals surface area contributed by atoms with Crippen LogP contribution >= 0.6 is 0 Å². The Bertz CT molecular complexity index is 1050. The van der Waals surface area contributed by atoms with E-state index in [-0.39, 0.29) is 0 Å². The molecule has 33 heavy (non-hydrogen) atoms. The van der Waals surface area contributed by atoms with E-state index in [1.165, 1.54) is 0 Å². The van der Waals surface area contributed by atoms with Gasteiger partial charge in [0.05, 0.1) is 0 Å². The molecule has 0 spiro atoms. The quantitative estimate of drug-likeness (QED) is 0.315. The molecule has 0 bridgehead atoms. The lowest BCUT2D eigenvalue weighted by Gasteiger charge is -2.19. The number of benzene rings is 4. The van der Waals surface area contributed by atoms with Crippen molar-refractivity contribution in [2.45, 2.75) is 26.2 Å². The molecule has 0 saturated heterocycles. The number of hydrogen-bond acceptors (Lipinski definition) is 4. The van der Waals surface area contributed by atoms with Gasteiger partial charge in [-0.1, -0.05) is 91.0 Å². The van der Waals surface area contributed by atoms with E-state index in [2.05, 4.69) is 0 Å². The van der Waals surface area contributed by atoms with Crippen LogP contribution in [-0.4, -0.2) is 6.54 Å². The standard InChI is InChI=1S/C29H29NO3/c30-17-16-26-18-27(31-20-23-10-4-1-5-11-23)29(33-22-25-14-8-3-9-15-25)28(19-26)32-21-24-12-6-2-7-13-24/h1-15,18-19H,16-17,20-22,30H2. The smallest absolute Gasteiger partial charge is 0.203 e. The Labute approximate surface area is 195 Å². The molecule has 0 aliphatic heterocycles. The molecule has 0 radical (unpaired) electrons. The first kappa shape index (κ1) is 22.4. The minimum absolute atomic E-state index is 0.417. The van der Waals surface area contributed by atoms with Crippen molar-refractivity contribution in [2.24, 2.45) is 5.73 Å². The van der Waals surface area contributed by atoms with Crippen LogP contribution in [0.5, 0.6) is 17.2 Å². The van der Waals surface area contributed by atoms with Crippen molar-refractivity contribution in [2.75, 3.05) is 6.54 Å². The number of hydrogen-bond donors (Lipinski definition) is 1. The van der Waals surface area contributed by atoms with Crippen LogP contribution in [0.2, 0.25) is 0 Å². The van der Waals surface area contributed by atoms with Gasteiger partial charge in [0.1, 0.15) is 19.8 Å². The van der Waals surface area contributed by atoms with Crippen LogP contribution in [-0.2, 0) is 26.2 Å². The zero-order valence-electron chi connectivity index (χ0n) is 18.7. The maximum Gasteiger partial charge on any atom is 0.203 e. The Morgan fingerprint density at radius 1 is 0.485 bits per heavy atom. The lowest BCUT2D eigenvalue weighted by Crippen LogP contribution is -2.07. The Balaban J connectivity index is 1.63. The molecule has 0 aliphatic carbocycles. The molecule has 4 rings (SSSR count). The van der Waals surface area contributed by atoms with E-state index in [9.17, 15) is 0 Å². The molecule has 0 unspecified atom stereocenters. The minimum atomic E-state index is 0.417. The van der Waals surface area contributed by atoms with E-state index in [1.807, 2.05) is 103 Å². The Hall–Kier alpha value is -3.76. The maximum absolute atomic E-state index is 6.28. The van der Waals surface area contributed by atoms with Crippen LogP contribution in [0.25, 0.3) is 0 Å². The van der Waals surface area contributed by atoms with Gasteiger partial charge in [-0.2, -0.15) is 0 Å². The lowest BCUT2D eigenvalue weighted by molar-refractivity contribution is 0.229. The molecule has 4 nitrogen and oxygen atoms in total. The average molecular weight is 440 g/mol. The highest BCUT2D eigenvalue weighted by Gasteiger charge is 2.16. The third kappa shape index (κ3) is 6.61. The monoisotopic (exact) mass is 439 g/mol. The van der Waals surface area contributed by atoms with Gasteiger partial charge in [-0.15, -0.1) is 0 Å². The first-order valence-electron chi connectivity index (χ1n) is 11.2. The zero-order valence-corrected chi connectivity index (χ0v) is 18.7. The van der Waals surface area contributed by atoms with Gasteiger partial charge in [0, 0.05) is 0 Å². The summed E-state index contributed by atoms with van der Waals surface area (Å²) >= 11 is 0. The van der Waals surface area contributed by atoms with Crippen molar-refractivity contribution in [1.29, 1.82) is 0 Å². The fourth-order valence-electron chi connectivity index (χ4n) is 3.50. The second-order valence-electron chi connectivity index (χ2n) is 7.78. The van der Waals surface area contributed by atoms with Crippen molar-refractivity contribution in [3.63, 3.8) is 0 Å². The maximum atomic E-state index is 6.28. The van der Waals surface area contributed by atoms with Crippen molar-refractivity contribution in [3.8, 4) is 17.2 Å². The van der Waals surface area contributed by atoms with Crippen LogP contribution in [0.3, 0.4) is 0 Å². The zero-order chi connectivity index (χ0) is 22.7. The van der Waals surface area contributed by atoms with Gasteiger partial charge in [0.2, 0.25) is 5.75 Å². The molecule has 0 amide bonds. The Kier molecular flexibility index (Phi) is 7.98. The highest BCUT2D eigenvalue weighted by molar-refractivity contribution is 5.54. The summed E-state index contributed by atoms with van der Waals surface area (Å²) in [5.74, 6) is 1.92. The van der Waals surface area contributed by atoms with E-state index < -0.39 is 0 Å². The van der Waals surface area contributed by atoms with E-state index in [0.717, 1.165) is 28.7 Å². The van der Waals surface area contributed by atoms with Gasteiger partial charge < -0.3 is 19.9 Å². The molecule has 4 aromatic rings. The summed E-state index contributed by atoms with van der Waals surface area (Å²) in [7, 11) is 0. The molecule has 4 aromatic carbocycles. The molecule has 0 aromatic heterocycles. The summed E-state index contributed by atoms with van der Waals surface area (Å²) in [5, 5.41) is 0. The first-order valence-corrected chi connectivity index (χ1v) is 11.2. The predicted octanol–water partition coefficient (Wildman–Crippen LogP) is 5.92. The summed E-state index contributed by atoms with van der Waals surface area (Å²) < 4.78 is 18.8. The Morgan fingerprint density at radius 3 is 1.27 bits per heavy atom. The van der Waals surface area contributed by atoms with E-state index in [1.54, 1.807) is 0 Å². The topological polar surface area (TPSA) is 53.7 Å². The van der Waals surface area contributed by atoms with Gasteiger partial charge in [-0.05, 0) is 47.4 Å². The Morgan fingerprint density at radius 2 is 0.879 bits per heavy atom. The van der Waals surface area contributed by atoms with Crippen molar-refractivity contribution in [1.82, 2.24) is 0 Å². The number of nitrogens with two attached hydrogens (primary N) is 1. The molecule has 0 atom stereocenters. The molecular formula is C29H29NO3. The van der Waals surface area contributed by atoms with Crippen LogP contribution in [0.1, 0.15) is 22.3 Å². The van der Waals surface area contributed by atoms with Crippen LogP contribution in [0, 0.1) is 0 Å². The molecule has 0 heterocycles. The van der Waals surface area contributed by atoms with Crippen LogP contribution < -0.4 is 19.9 Å². The second kappa shape index (κ2) is 11.7. The summed E-state index contributed by atoms with van der Waals surface area (Å²) in [5.41, 5.74) is 10.1. The van der Waals surface area contributed by atoms with Gasteiger partial charge in [0.25, 0.3) is 0 Å². The van der Waals surface area contributed by atoms with Crippen molar-refractivity contribution < 1.29 is 14.2 Å². The average Bonchev–Trinajstić information content (AvgIpc) is 2.87. The van der Waals surface area contributed by atoms with Crippen LogP contribution in [0.4, 0.5) is 0 Å². The molecule has 4 heteroatoms. The fraction of sp³-hybridized carbons (Fsp3) is 0.172. The number of rotatable bonds is 11. The second-order valence-corrected chi connectivity index (χ2v) is 7.78. The predicted molar refractivity (Wildman–Crippen MR) is 132 cm³/mol. The van der Waals surface area contributed by atoms with Gasteiger partial charge in [-0.3, -0.25) is 0 Å². The summed E-state index contributed by atoms with van der Waals surface area (Å²) in [6.07, 6.45) is 0.725. The largest absolute Gasteiger partial charge is 0.485 e. The highest BCUT2D eigenvalue weighted by Crippen LogP contribution is 2.40. The third-order valence-corrected chi connectivity index (χ3v) is 5.21. The molecule has 0 fully saturated rings. The minimum Gasteiger partial charge on any atom is -0.485 e. The normalized spacial score (nSPS) is 10.6. The van der Waals surface area contributed by atoms with E-state index in [4.69, 9.17) is 19.9 Å². The van der Waals surface area contributed by atoms with Gasteiger partial charge in [-0.25, -0.2) is 0 Å². The molecule has 0 aliphatic rings. The van der Waals surface area contributed by atoms with E-state index in [0.29, 0.717) is 43.6 Å². The first-order chi connectivity index (χ1) is 16.3. The SMILES string of the molecule is NCCc1cc(OCc2ccccc2)c(OCc2ccccc2)c(OCc2ccccc2)c1. The lowest BCUT2D eigenvalue weighted by atomic mass is 10.1. The van der Waals surface area contributed by atoms with Gasteiger partial charge in [0.15, 0.2) is 11.5 Å².